The van der Waals surface area contributed by atoms with Crippen molar-refractivity contribution >= 4 is 27.3 Å². The van der Waals surface area contributed by atoms with E-state index in [2.05, 4.69) is 28.9 Å². The molecule has 2 aromatic rings. The highest BCUT2D eigenvalue weighted by atomic mass is 32.1. The average molecular weight is 277 g/mol. The van der Waals surface area contributed by atoms with Crippen LogP contribution in [0.1, 0.15) is 25.8 Å². The van der Waals surface area contributed by atoms with Crippen LogP contribution in [0.5, 0.6) is 0 Å². The Hall–Kier alpha value is -1.39. The van der Waals surface area contributed by atoms with Crippen molar-refractivity contribution in [3.05, 3.63) is 35.2 Å². The zero-order chi connectivity index (χ0) is 13.8. The molecule has 0 aliphatic heterocycles. The van der Waals surface area contributed by atoms with Gasteiger partial charge >= 0.3 is 0 Å². The average Bonchev–Trinajstić information content (AvgIpc) is 2.82. The third-order valence-corrected chi connectivity index (χ3v) is 3.88. The van der Waals surface area contributed by atoms with Gasteiger partial charge in [0.1, 0.15) is 6.10 Å². The number of hydrogen-bond donors (Lipinski definition) is 2. The van der Waals surface area contributed by atoms with Crippen LogP contribution in [0.2, 0.25) is 0 Å². The molecule has 1 atom stereocenters. The summed E-state index contributed by atoms with van der Waals surface area (Å²) in [7, 11) is 0. The van der Waals surface area contributed by atoms with Crippen LogP contribution >= 0.6 is 11.3 Å². The second-order valence-electron chi connectivity index (χ2n) is 5.16. The summed E-state index contributed by atoms with van der Waals surface area (Å²) in [6.07, 6.45) is -0.417. The normalized spacial score (nSPS) is 12.8. The standard InChI is InChI=1S/C15H19NO2S/c1-10(2)7-13(17)15(18)16-9-11-3-4-14-12(8-11)5-6-19-14/h3-6,8,10,13,17H,7,9H2,1-2H3,(H,16,18). The third-order valence-electron chi connectivity index (χ3n) is 2.98. The molecular formula is C15H19NO2S. The molecule has 2 rings (SSSR count). The summed E-state index contributed by atoms with van der Waals surface area (Å²) >= 11 is 1.70. The van der Waals surface area contributed by atoms with Gasteiger partial charge in [0.25, 0.3) is 0 Å². The Morgan fingerprint density at radius 2 is 2.16 bits per heavy atom. The van der Waals surface area contributed by atoms with Gasteiger partial charge < -0.3 is 10.4 Å². The highest BCUT2D eigenvalue weighted by molar-refractivity contribution is 7.17. The molecule has 102 valence electrons. The summed E-state index contributed by atoms with van der Waals surface area (Å²) in [5.41, 5.74) is 1.05. The second-order valence-corrected chi connectivity index (χ2v) is 6.10. The molecule has 0 saturated heterocycles. The Morgan fingerprint density at radius 1 is 1.37 bits per heavy atom. The monoisotopic (exact) mass is 277 g/mol. The number of benzene rings is 1. The van der Waals surface area contributed by atoms with Gasteiger partial charge in [0.2, 0.25) is 5.91 Å². The largest absolute Gasteiger partial charge is 0.383 e. The first-order valence-corrected chi connectivity index (χ1v) is 7.36. The van der Waals surface area contributed by atoms with E-state index in [1.54, 1.807) is 11.3 Å². The van der Waals surface area contributed by atoms with Gasteiger partial charge in [-0.1, -0.05) is 19.9 Å². The summed E-state index contributed by atoms with van der Waals surface area (Å²) in [5.74, 6) is 0.0158. The van der Waals surface area contributed by atoms with E-state index < -0.39 is 6.10 Å². The highest BCUT2D eigenvalue weighted by Gasteiger charge is 2.15. The van der Waals surface area contributed by atoms with Gasteiger partial charge in [-0.25, -0.2) is 0 Å². The van der Waals surface area contributed by atoms with Crippen molar-refractivity contribution in [2.45, 2.75) is 32.9 Å². The molecule has 1 amide bonds. The Balaban J connectivity index is 1.92. The van der Waals surface area contributed by atoms with E-state index in [0.717, 1.165) is 5.56 Å². The van der Waals surface area contributed by atoms with Crippen LogP contribution in [-0.4, -0.2) is 17.1 Å². The minimum absolute atomic E-state index is 0.292. The highest BCUT2D eigenvalue weighted by Crippen LogP contribution is 2.21. The first kappa shape index (κ1) is 14.0. The van der Waals surface area contributed by atoms with Gasteiger partial charge in [-0.2, -0.15) is 0 Å². The summed E-state index contributed by atoms with van der Waals surface area (Å²) in [4.78, 5) is 11.7. The number of hydrogen-bond acceptors (Lipinski definition) is 3. The van der Waals surface area contributed by atoms with Crippen LogP contribution in [0.25, 0.3) is 10.1 Å². The maximum Gasteiger partial charge on any atom is 0.249 e. The molecule has 19 heavy (non-hydrogen) atoms. The number of carbonyl (C=O) groups excluding carboxylic acids is 1. The van der Waals surface area contributed by atoms with Crippen molar-refractivity contribution in [3.63, 3.8) is 0 Å². The van der Waals surface area contributed by atoms with E-state index >= 15 is 0 Å². The predicted molar refractivity (Wildman–Crippen MR) is 79.1 cm³/mol. The zero-order valence-electron chi connectivity index (χ0n) is 11.2. The summed E-state index contributed by atoms with van der Waals surface area (Å²) in [6, 6.07) is 8.21. The Kier molecular flexibility index (Phi) is 4.56. The topological polar surface area (TPSA) is 49.3 Å². The molecule has 0 radical (unpaired) electrons. The second kappa shape index (κ2) is 6.17. The smallest absolute Gasteiger partial charge is 0.249 e. The molecule has 3 nitrogen and oxygen atoms in total. The lowest BCUT2D eigenvalue weighted by Crippen LogP contribution is -2.34. The number of fused-ring (bicyclic) bond motifs is 1. The number of aliphatic hydroxyl groups excluding tert-OH is 1. The molecule has 0 spiro atoms. The first-order valence-electron chi connectivity index (χ1n) is 6.48. The lowest BCUT2D eigenvalue weighted by molar-refractivity contribution is -0.130. The van der Waals surface area contributed by atoms with Gasteiger partial charge in [-0.05, 0) is 46.9 Å². The number of amides is 1. The van der Waals surface area contributed by atoms with Crippen molar-refractivity contribution in [1.82, 2.24) is 5.32 Å². The Morgan fingerprint density at radius 3 is 2.89 bits per heavy atom. The van der Waals surface area contributed by atoms with E-state index in [4.69, 9.17) is 0 Å². The van der Waals surface area contributed by atoms with E-state index in [1.807, 2.05) is 19.9 Å². The molecule has 2 N–H and O–H groups in total. The minimum atomic E-state index is -0.912. The van der Waals surface area contributed by atoms with Crippen molar-refractivity contribution < 1.29 is 9.90 Å². The van der Waals surface area contributed by atoms with Crippen molar-refractivity contribution in [3.8, 4) is 0 Å². The van der Waals surface area contributed by atoms with E-state index in [9.17, 15) is 9.90 Å². The quantitative estimate of drug-likeness (QED) is 0.883. The number of carbonyl (C=O) groups is 1. The zero-order valence-corrected chi connectivity index (χ0v) is 12.0. The number of thiophene rings is 1. The fraction of sp³-hybridized carbons (Fsp3) is 0.400. The summed E-state index contributed by atoms with van der Waals surface area (Å²) < 4.78 is 1.25. The van der Waals surface area contributed by atoms with Gasteiger partial charge in [0.15, 0.2) is 0 Å². The van der Waals surface area contributed by atoms with Crippen LogP contribution in [0, 0.1) is 5.92 Å². The maximum atomic E-state index is 11.7. The van der Waals surface area contributed by atoms with Crippen LogP contribution in [0.15, 0.2) is 29.6 Å². The van der Waals surface area contributed by atoms with Crippen LogP contribution < -0.4 is 5.32 Å². The molecule has 1 heterocycles. The number of rotatable bonds is 5. The van der Waals surface area contributed by atoms with E-state index in [0.29, 0.717) is 18.9 Å². The van der Waals surface area contributed by atoms with E-state index in [-0.39, 0.29) is 5.91 Å². The molecule has 0 aliphatic rings. The van der Waals surface area contributed by atoms with Crippen LogP contribution in [0.3, 0.4) is 0 Å². The Bertz CT molecular complexity index is 562. The molecule has 1 unspecified atom stereocenters. The molecular weight excluding hydrogens is 258 g/mol. The van der Waals surface area contributed by atoms with Crippen molar-refractivity contribution in [2.24, 2.45) is 5.92 Å². The Labute approximate surface area is 117 Å². The fourth-order valence-electron chi connectivity index (χ4n) is 1.99. The van der Waals surface area contributed by atoms with Gasteiger partial charge in [0.05, 0.1) is 0 Å². The lowest BCUT2D eigenvalue weighted by Gasteiger charge is -2.13. The van der Waals surface area contributed by atoms with Crippen molar-refractivity contribution in [2.75, 3.05) is 0 Å². The molecule has 1 aromatic heterocycles. The number of aliphatic hydroxyl groups is 1. The fourth-order valence-corrected chi connectivity index (χ4v) is 2.76. The third kappa shape index (κ3) is 3.78. The van der Waals surface area contributed by atoms with E-state index in [1.165, 1.54) is 10.1 Å². The van der Waals surface area contributed by atoms with Gasteiger partial charge in [0, 0.05) is 11.2 Å². The summed E-state index contributed by atoms with van der Waals surface area (Å²) in [6.45, 7) is 4.43. The van der Waals surface area contributed by atoms with Crippen molar-refractivity contribution in [1.29, 1.82) is 0 Å². The molecule has 0 bridgehead atoms. The SMILES string of the molecule is CC(C)CC(O)C(=O)NCc1ccc2sccc2c1. The molecule has 0 saturated carbocycles. The van der Waals surface area contributed by atoms with Gasteiger partial charge in [-0.15, -0.1) is 11.3 Å². The minimum Gasteiger partial charge on any atom is -0.383 e. The molecule has 0 aliphatic carbocycles. The number of nitrogens with one attached hydrogen (secondary N) is 1. The molecule has 4 heteroatoms. The molecule has 0 fully saturated rings. The van der Waals surface area contributed by atoms with Crippen LogP contribution in [-0.2, 0) is 11.3 Å². The van der Waals surface area contributed by atoms with Gasteiger partial charge in [-0.3, -0.25) is 4.79 Å². The maximum absolute atomic E-state index is 11.7. The molecule has 1 aromatic carbocycles. The lowest BCUT2D eigenvalue weighted by atomic mass is 10.1. The predicted octanol–water partition coefficient (Wildman–Crippen LogP) is 2.92. The first-order chi connectivity index (χ1) is 9.06. The van der Waals surface area contributed by atoms with Crippen LogP contribution in [0.4, 0.5) is 0 Å². The summed E-state index contributed by atoms with van der Waals surface area (Å²) in [5, 5.41) is 15.7.